The number of nitro benzene ring substituents is 1. The molecule has 0 unspecified atom stereocenters. The number of nitro groups is 1. The number of hydrogen-bond donors (Lipinski definition) is 0. The Balaban J connectivity index is 2.70. The summed E-state index contributed by atoms with van der Waals surface area (Å²) < 4.78 is 31.5. The van der Waals surface area contributed by atoms with Gasteiger partial charge in [0.05, 0.1) is 24.4 Å². The van der Waals surface area contributed by atoms with E-state index in [2.05, 4.69) is 4.18 Å². The van der Waals surface area contributed by atoms with E-state index in [1.165, 1.54) is 6.07 Å². The minimum Gasteiger partial charge on any atom is -0.492 e. The van der Waals surface area contributed by atoms with Crippen LogP contribution in [0.3, 0.4) is 0 Å². The summed E-state index contributed by atoms with van der Waals surface area (Å²) in [5.41, 5.74) is 0.520. The lowest BCUT2D eigenvalue weighted by molar-refractivity contribution is -0.384. The number of aryl methyl sites for hydroxylation is 1. The van der Waals surface area contributed by atoms with Crippen molar-refractivity contribution in [1.82, 2.24) is 0 Å². The second kappa shape index (κ2) is 7.58. The summed E-state index contributed by atoms with van der Waals surface area (Å²) in [5.74, 6) is 0.210. The molecule has 0 atom stereocenters. The van der Waals surface area contributed by atoms with Gasteiger partial charge in [0.1, 0.15) is 5.75 Å². The third kappa shape index (κ3) is 5.86. The van der Waals surface area contributed by atoms with Crippen LogP contribution in [0.5, 0.6) is 5.75 Å². The van der Waals surface area contributed by atoms with E-state index in [0.29, 0.717) is 12.8 Å². The van der Waals surface area contributed by atoms with Crippen molar-refractivity contribution in [2.24, 2.45) is 0 Å². The number of hydrogen-bond acceptors (Lipinski definition) is 6. The van der Waals surface area contributed by atoms with Crippen LogP contribution in [0.1, 0.15) is 18.9 Å². The van der Waals surface area contributed by atoms with E-state index in [1.807, 2.05) is 6.92 Å². The summed E-state index contributed by atoms with van der Waals surface area (Å²) in [4.78, 5) is 10.3. The molecule has 0 aromatic heterocycles. The molecule has 9 heteroatoms. The summed E-state index contributed by atoms with van der Waals surface area (Å²) in [7, 11) is -3.48. The fourth-order valence-corrected chi connectivity index (χ4v) is 2.19. The van der Waals surface area contributed by atoms with Crippen molar-refractivity contribution in [3.05, 3.63) is 32.8 Å². The minimum atomic E-state index is -3.48. The summed E-state index contributed by atoms with van der Waals surface area (Å²) in [6.07, 6.45) is 1.87. The molecule has 0 heterocycles. The molecule has 0 spiro atoms. The van der Waals surface area contributed by atoms with Gasteiger partial charge in [-0.3, -0.25) is 14.3 Å². The van der Waals surface area contributed by atoms with Crippen LogP contribution in [0.2, 0.25) is 5.02 Å². The van der Waals surface area contributed by atoms with Gasteiger partial charge >= 0.3 is 0 Å². The molecule has 118 valence electrons. The van der Waals surface area contributed by atoms with Gasteiger partial charge in [-0.2, -0.15) is 8.42 Å². The van der Waals surface area contributed by atoms with Gasteiger partial charge in [-0.15, -0.1) is 0 Å². The predicted octanol–water partition coefficient (Wildman–Crippen LogP) is 2.56. The molecular weight excluding hydrogens is 322 g/mol. The van der Waals surface area contributed by atoms with E-state index in [4.69, 9.17) is 16.3 Å². The molecule has 1 rings (SSSR count). The predicted molar refractivity (Wildman–Crippen MR) is 78.4 cm³/mol. The Morgan fingerprint density at radius 1 is 1.33 bits per heavy atom. The van der Waals surface area contributed by atoms with E-state index < -0.39 is 15.0 Å². The SMILES string of the molecule is CCc1cc(OCCCOS(C)(=O)=O)c(Cl)c([N+](=O)[O-])c1. The van der Waals surface area contributed by atoms with Gasteiger partial charge in [-0.1, -0.05) is 18.5 Å². The van der Waals surface area contributed by atoms with E-state index in [0.717, 1.165) is 11.8 Å². The maximum atomic E-state index is 10.9. The summed E-state index contributed by atoms with van der Waals surface area (Å²) in [6, 6.07) is 3.04. The quantitative estimate of drug-likeness (QED) is 0.313. The molecule has 0 amide bonds. The van der Waals surface area contributed by atoms with Gasteiger partial charge < -0.3 is 4.74 Å². The third-order valence-electron chi connectivity index (χ3n) is 2.53. The average Bonchev–Trinajstić information content (AvgIpc) is 2.38. The first-order valence-electron chi connectivity index (χ1n) is 6.18. The van der Waals surface area contributed by atoms with Gasteiger partial charge in [-0.05, 0) is 18.1 Å². The fourth-order valence-electron chi connectivity index (χ4n) is 1.53. The van der Waals surface area contributed by atoms with E-state index in [1.54, 1.807) is 6.07 Å². The maximum Gasteiger partial charge on any atom is 0.291 e. The van der Waals surface area contributed by atoms with Crippen molar-refractivity contribution in [1.29, 1.82) is 0 Å². The zero-order valence-electron chi connectivity index (χ0n) is 11.7. The van der Waals surface area contributed by atoms with Crippen LogP contribution in [0.15, 0.2) is 12.1 Å². The zero-order chi connectivity index (χ0) is 16.0. The average molecular weight is 338 g/mol. The van der Waals surface area contributed by atoms with Gasteiger partial charge in [0.2, 0.25) is 0 Å². The van der Waals surface area contributed by atoms with Crippen molar-refractivity contribution in [3.8, 4) is 5.75 Å². The van der Waals surface area contributed by atoms with Crippen LogP contribution < -0.4 is 4.74 Å². The van der Waals surface area contributed by atoms with Crippen LogP contribution >= 0.6 is 11.6 Å². The highest BCUT2D eigenvalue weighted by Crippen LogP contribution is 2.35. The molecule has 0 aliphatic heterocycles. The Labute approximate surface area is 128 Å². The van der Waals surface area contributed by atoms with Gasteiger partial charge in [0.25, 0.3) is 15.8 Å². The number of nitrogens with zero attached hydrogens (tertiary/aromatic N) is 1. The summed E-state index contributed by atoms with van der Waals surface area (Å²) in [6.45, 7) is 1.97. The number of benzene rings is 1. The van der Waals surface area contributed by atoms with Crippen molar-refractivity contribution < 1.29 is 22.3 Å². The largest absolute Gasteiger partial charge is 0.492 e. The summed E-state index contributed by atoms with van der Waals surface area (Å²) in [5, 5.41) is 10.8. The fraction of sp³-hybridized carbons (Fsp3) is 0.500. The lowest BCUT2D eigenvalue weighted by Crippen LogP contribution is -2.08. The molecular formula is C12H16ClNO6S. The van der Waals surface area contributed by atoms with Crippen LogP contribution in [0.4, 0.5) is 5.69 Å². The molecule has 0 saturated carbocycles. The molecule has 0 saturated heterocycles. The standard InChI is InChI=1S/C12H16ClNO6S/c1-3-9-7-10(14(15)16)12(13)11(8-9)19-5-4-6-20-21(2,17)18/h7-8H,3-6H2,1-2H3. The first-order valence-corrected chi connectivity index (χ1v) is 8.38. The van der Waals surface area contributed by atoms with Crippen molar-refractivity contribution in [3.63, 3.8) is 0 Å². The Kier molecular flexibility index (Phi) is 6.38. The van der Waals surface area contributed by atoms with Crippen LogP contribution in [0.25, 0.3) is 0 Å². The highest BCUT2D eigenvalue weighted by molar-refractivity contribution is 7.85. The van der Waals surface area contributed by atoms with Gasteiger partial charge in [0, 0.05) is 12.5 Å². The van der Waals surface area contributed by atoms with Gasteiger partial charge in [0.15, 0.2) is 5.02 Å². The smallest absolute Gasteiger partial charge is 0.291 e. The molecule has 0 aliphatic carbocycles. The maximum absolute atomic E-state index is 10.9. The second-order valence-electron chi connectivity index (χ2n) is 4.27. The Morgan fingerprint density at radius 2 is 2.00 bits per heavy atom. The van der Waals surface area contributed by atoms with Crippen molar-refractivity contribution in [2.75, 3.05) is 19.5 Å². The zero-order valence-corrected chi connectivity index (χ0v) is 13.2. The monoisotopic (exact) mass is 337 g/mol. The highest BCUT2D eigenvalue weighted by atomic mass is 35.5. The lowest BCUT2D eigenvalue weighted by Gasteiger charge is -2.10. The topological polar surface area (TPSA) is 95.7 Å². The number of rotatable bonds is 8. The molecule has 0 fully saturated rings. The van der Waals surface area contributed by atoms with Crippen LogP contribution in [-0.2, 0) is 20.7 Å². The first kappa shape index (κ1) is 17.7. The Hall–Kier alpha value is -1.38. The Morgan fingerprint density at radius 3 is 2.52 bits per heavy atom. The van der Waals surface area contributed by atoms with E-state index in [-0.39, 0.29) is 29.7 Å². The number of ether oxygens (including phenoxy) is 1. The van der Waals surface area contributed by atoms with E-state index in [9.17, 15) is 18.5 Å². The number of halogens is 1. The molecule has 0 N–H and O–H groups in total. The van der Waals surface area contributed by atoms with Crippen LogP contribution in [-0.4, -0.2) is 32.8 Å². The van der Waals surface area contributed by atoms with Crippen LogP contribution in [0, 0.1) is 10.1 Å². The molecule has 0 bridgehead atoms. The third-order valence-corrected chi connectivity index (χ3v) is 3.50. The molecule has 7 nitrogen and oxygen atoms in total. The van der Waals surface area contributed by atoms with E-state index >= 15 is 0 Å². The molecule has 0 radical (unpaired) electrons. The van der Waals surface area contributed by atoms with Crippen molar-refractivity contribution >= 4 is 27.4 Å². The molecule has 0 aliphatic rings. The molecule has 1 aromatic carbocycles. The van der Waals surface area contributed by atoms with Crippen molar-refractivity contribution in [2.45, 2.75) is 19.8 Å². The first-order chi connectivity index (χ1) is 9.74. The Bertz CT molecular complexity index is 616. The highest BCUT2D eigenvalue weighted by Gasteiger charge is 2.18. The van der Waals surface area contributed by atoms with Gasteiger partial charge in [-0.25, -0.2) is 0 Å². The molecule has 21 heavy (non-hydrogen) atoms. The minimum absolute atomic E-state index is 0.0218. The second-order valence-corrected chi connectivity index (χ2v) is 6.29. The molecule has 1 aromatic rings. The summed E-state index contributed by atoms with van der Waals surface area (Å²) >= 11 is 5.92. The normalized spacial score (nSPS) is 11.4. The lowest BCUT2D eigenvalue weighted by atomic mass is 10.1.